The van der Waals surface area contributed by atoms with Crippen LogP contribution in [0, 0.1) is 13.8 Å². The Balaban J connectivity index is 1.99. The fourth-order valence-electron chi connectivity index (χ4n) is 1.85. The number of benzene rings is 1. The summed E-state index contributed by atoms with van der Waals surface area (Å²) < 4.78 is 5.23. The summed E-state index contributed by atoms with van der Waals surface area (Å²) in [6, 6.07) is 9.04. The van der Waals surface area contributed by atoms with Gasteiger partial charge >= 0.3 is 0 Å². The normalized spacial score (nSPS) is 10.7. The van der Waals surface area contributed by atoms with Crippen LogP contribution in [-0.4, -0.2) is 20.2 Å². The maximum atomic E-state index is 9.72. The Hall–Kier alpha value is -2.69. The van der Waals surface area contributed by atoms with Gasteiger partial charge in [-0.05, 0) is 49.2 Å². The van der Waals surface area contributed by atoms with E-state index >= 15 is 0 Å². The Morgan fingerprint density at radius 3 is 2.70 bits per heavy atom. The molecular formula is C15H13N3O2. The summed E-state index contributed by atoms with van der Waals surface area (Å²) in [4.78, 5) is 8.53. The molecule has 0 saturated heterocycles. The van der Waals surface area contributed by atoms with Gasteiger partial charge in [-0.15, -0.1) is 0 Å². The monoisotopic (exact) mass is 267 g/mol. The molecule has 0 bridgehead atoms. The number of aryl methyl sites for hydroxylation is 2. The van der Waals surface area contributed by atoms with Crippen molar-refractivity contribution in [1.82, 2.24) is 15.1 Å². The number of aromatic hydroxyl groups is 1. The molecule has 20 heavy (non-hydrogen) atoms. The van der Waals surface area contributed by atoms with E-state index in [2.05, 4.69) is 15.1 Å². The first-order chi connectivity index (χ1) is 9.63. The molecule has 1 N–H and O–H groups in total. The third-order valence-electron chi connectivity index (χ3n) is 3.03. The molecule has 0 atom stereocenters. The average Bonchev–Trinajstić information content (AvgIpc) is 2.92. The molecule has 0 amide bonds. The summed E-state index contributed by atoms with van der Waals surface area (Å²) in [6.45, 7) is 3.80. The van der Waals surface area contributed by atoms with E-state index in [4.69, 9.17) is 4.52 Å². The molecule has 3 aromatic rings. The first-order valence-electron chi connectivity index (χ1n) is 6.20. The number of rotatable bonds is 2. The van der Waals surface area contributed by atoms with Crippen LogP contribution in [0.15, 0.2) is 41.1 Å². The van der Waals surface area contributed by atoms with Crippen molar-refractivity contribution in [2.24, 2.45) is 0 Å². The van der Waals surface area contributed by atoms with Crippen LogP contribution in [0.1, 0.15) is 11.1 Å². The largest absolute Gasteiger partial charge is 0.508 e. The van der Waals surface area contributed by atoms with Gasteiger partial charge in [0.15, 0.2) is 0 Å². The van der Waals surface area contributed by atoms with Crippen LogP contribution in [0.3, 0.4) is 0 Å². The van der Waals surface area contributed by atoms with E-state index in [1.807, 2.05) is 32.0 Å². The molecule has 0 aliphatic carbocycles. The average molecular weight is 267 g/mol. The molecule has 2 aromatic heterocycles. The van der Waals surface area contributed by atoms with Gasteiger partial charge in [-0.2, -0.15) is 4.98 Å². The highest BCUT2D eigenvalue weighted by Gasteiger charge is 2.12. The SMILES string of the molecule is Cc1ccnc(-c2noc(-c3ccc(C)c(O)c3)n2)c1. The fourth-order valence-corrected chi connectivity index (χ4v) is 1.85. The third-order valence-corrected chi connectivity index (χ3v) is 3.03. The number of phenols is 1. The van der Waals surface area contributed by atoms with E-state index in [1.165, 1.54) is 0 Å². The highest BCUT2D eigenvalue weighted by Crippen LogP contribution is 2.26. The topological polar surface area (TPSA) is 72.0 Å². The summed E-state index contributed by atoms with van der Waals surface area (Å²) in [5.74, 6) is 0.998. The van der Waals surface area contributed by atoms with Gasteiger partial charge in [-0.25, -0.2) is 0 Å². The second-order valence-corrected chi connectivity index (χ2v) is 4.64. The molecular weight excluding hydrogens is 254 g/mol. The van der Waals surface area contributed by atoms with E-state index in [0.29, 0.717) is 23.0 Å². The molecule has 5 nitrogen and oxygen atoms in total. The molecule has 2 heterocycles. The number of nitrogens with zero attached hydrogens (tertiary/aromatic N) is 3. The number of hydrogen-bond donors (Lipinski definition) is 1. The van der Waals surface area contributed by atoms with Crippen molar-refractivity contribution >= 4 is 0 Å². The van der Waals surface area contributed by atoms with Gasteiger partial charge < -0.3 is 9.63 Å². The Kier molecular flexibility index (Phi) is 2.95. The molecule has 0 fully saturated rings. The van der Waals surface area contributed by atoms with E-state index in [1.54, 1.807) is 18.3 Å². The van der Waals surface area contributed by atoms with Crippen molar-refractivity contribution in [2.45, 2.75) is 13.8 Å². The standard InChI is InChI=1S/C15H13N3O2/c1-9-5-6-16-12(7-9)14-17-15(20-18-14)11-4-3-10(2)13(19)8-11/h3-8,19H,1-2H3. The van der Waals surface area contributed by atoms with Gasteiger partial charge in [0.2, 0.25) is 5.82 Å². The molecule has 0 radical (unpaired) electrons. The van der Waals surface area contributed by atoms with Crippen molar-refractivity contribution < 1.29 is 9.63 Å². The number of pyridine rings is 1. The first kappa shape index (κ1) is 12.3. The van der Waals surface area contributed by atoms with Crippen LogP contribution < -0.4 is 0 Å². The summed E-state index contributed by atoms with van der Waals surface area (Å²) in [5, 5.41) is 13.6. The predicted molar refractivity (Wildman–Crippen MR) is 74.1 cm³/mol. The number of hydrogen-bond acceptors (Lipinski definition) is 5. The van der Waals surface area contributed by atoms with Crippen LogP contribution in [0.2, 0.25) is 0 Å². The number of aromatic nitrogens is 3. The molecule has 0 spiro atoms. The lowest BCUT2D eigenvalue weighted by Crippen LogP contribution is -1.86. The third kappa shape index (κ3) is 2.25. The Labute approximate surface area is 115 Å². The van der Waals surface area contributed by atoms with Gasteiger partial charge in [0.05, 0.1) is 0 Å². The van der Waals surface area contributed by atoms with Crippen LogP contribution >= 0.6 is 0 Å². The summed E-state index contributed by atoms with van der Waals surface area (Å²) in [6.07, 6.45) is 1.71. The second-order valence-electron chi connectivity index (χ2n) is 4.64. The summed E-state index contributed by atoms with van der Waals surface area (Å²) >= 11 is 0. The number of phenolic OH excluding ortho intramolecular Hbond substituents is 1. The molecule has 1 aromatic carbocycles. The quantitative estimate of drug-likeness (QED) is 0.772. The maximum absolute atomic E-state index is 9.72. The zero-order valence-corrected chi connectivity index (χ0v) is 11.2. The molecule has 0 aliphatic rings. The van der Waals surface area contributed by atoms with E-state index in [-0.39, 0.29) is 5.75 Å². The molecule has 0 aliphatic heterocycles. The Morgan fingerprint density at radius 2 is 1.95 bits per heavy atom. The minimum atomic E-state index is 0.205. The highest BCUT2D eigenvalue weighted by molar-refractivity contribution is 5.60. The second kappa shape index (κ2) is 4.77. The van der Waals surface area contributed by atoms with Gasteiger partial charge in [0.1, 0.15) is 11.4 Å². The first-order valence-corrected chi connectivity index (χ1v) is 6.20. The molecule has 5 heteroatoms. The maximum Gasteiger partial charge on any atom is 0.258 e. The highest BCUT2D eigenvalue weighted by atomic mass is 16.5. The van der Waals surface area contributed by atoms with Gasteiger partial charge in [-0.3, -0.25) is 4.98 Å². The van der Waals surface area contributed by atoms with Crippen LogP contribution in [-0.2, 0) is 0 Å². The molecule has 0 unspecified atom stereocenters. The predicted octanol–water partition coefficient (Wildman–Crippen LogP) is 3.12. The molecule has 0 saturated carbocycles. The lowest BCUT2D eigenvalue weighted by Gasteiger charge is -1.99. The van der Waals surface area contributed by atoms with Crippen molar-refractivity contribution in [1.29, 1.82) is 0 Å². The van der Waals surface area contributed by atoms with E-state index in [0.717, 1.165) is 11.1 Å². The zero-order chi connectivity index (χ0) is 14.1. The minimum Gasteiger partial charge on any atom is -0.508 e. The Morgan fingerprint density at radius 1 is 1.10 bits per heavy atom. The van der Waals surface area contributed by atoms with Crippen molar-refractivity contribution in [2.75, 3.05) is 0 Å². The van der Waals surface area contributed by atoms with Gasteiger partial charge in [-0.1, -0.05) is 11.2 Å². The minimum absolute atomic E-state index is 0.205. The van der Waals surface area contributed by atoms with Crippen LogP contribution in [0.4, 0.5) is 0 Å². The Bertz CT molecular complexity index is 765. The lowest BCUT2D eigenvalue weighted by molar-refractivity contribution is 0.431. The van der Waals surface area contributed by atoms with Crippen molar-refractivity contribution in [3.05, 3.63) is 47.7 Å². The summed E-state index contributed by atoms with van der Waals surface area (Å²) in [7, 11) is 0. The fraction of sp³-hybridized carbons (Fsp3) is 0.133. The van der Waals surface area contributed by atoms with Gasteiger partial charge in [0, 0.05) is 11.8 Å². The van der Waals surface area contributed by atoms with Gasteiger partial charge in [0.25, 0.3) is 5.89 Å². The van der Waals surface area contributed by atoms with Crippen LogP contribution in [0.5, 0.6) is 5.75 Å². The van der Waals surface area contributed by atoms with Crippen molar-refractivity contribution in [3.63, 3.8) is 0 Å². The molecule has 100 valence electrons. The molecule has 3 rings (SSSR count). The van der Waals surface area contributed by atoms with Crippen LogP contribution in [0.25, 0.3) is 23.0 Å². The smallest absolute Gasteiger partial charge is 0.258 e. The van der Waals surface area contributed by atoms with E-state index in [9.17, 15) is 5.11 Å². The van der Waals surface area contributed by atoms with Crippen molar-refractivity contribution in [3.8, 4) is 28.7 Å². The zero-order valence-electron chi connectivity index (χ0n) is 11.2. The summed E-state index contributed by atoms with van der Waals surface area (Å²) in [5.41, 5.74) is 3.22. The lowest BCUT2D eigenvalue weighted by atomic mass is 10.1. The van der Waals surface area contributed by atoms with E-state index < -0.39 is 0 Å².